The van der Waals surface area contributed by atoms with Gasteiger partial charge in [-0.05, 0) is 25.4 Å². The molecule has 0 N–H and O–H groups in total. The highest BCUT2D eigenvalue weighted by Crippen LogP contribution is 2.42. The molecule has 0 fully saturated rings. The Kier molecular flexibility index (Phi) is 9.74. The first-order valence-corrected chi connectivity index (χ1v) is 13.6. The smallest absolute Gasteiger partial charge is 0.229 e. The van der Waals surface area contributed by atoms with Crippen LogP contribution in [0.2, 0.25) is 18.2 Å². The number of imidazole rings is 1. The molecule has 0 aliphatic heterocycles. The first kappa shape index (κ1) is 24.5. The molecule has 2 aromatic heterocycles. The van der Waals surface area contributed by atoms with Crippen molar-refractivity contribution in [2.45, 2.75) is 85.2 Å². The van der Waals surface area contributed by atoms with Gasteiger partial charge in [-0.15, -0.1) is 0 Å². The Morgan fingerprint density at radius 2 is 1.79 bits per heavy atom. The van der Waals surface area contributed by atoms with Gasteiger partial charge >= 0.3 is 0 Å². The van der Waals surface area contributed by atoms with Gasteiger partial charge in [-0.25, -0.2) is 15.0 Å². The first-order chi connectivity index (χ1) is 13.9. The predicted molar refractivity (Wildman–Crippen MR) is 120 cm³/mol. The van der Waals surface area contributed by atoms with E-state index in [9.17, 15) is 0 Å². The zero-order chi connectivity index (χ0) is 21.4. The van der Waals surface area contributed by atoms with Gasteiger partial charge in [0.2, 0.25) is 19.5 Å². The third kappa shape index (κ3) is 5.88. The third-order valence-electron chi connectivity index (χ3n) is 5.83. The van der Waals surface area contributed by atoms with Crippen molar-refractivity contribution in [3.05, 3.63) is 17.8 Å². The van der Waals surface area contributed by atoms with Crippen LogP contribution in [-0.2, 0) is 8.85 Å². The molecule has 2 atom stereocenters. The Balaban J connectivity index is 2.39. The van der Waals surface area contributed by atoms with Crippen LogP contribution in [-0.4, -0.2) is 45.3 Å². The van der Waals surface area contributed by atoms with Crippen LogP contribution in [0, 0.1) is 11.3 Å². The Morgan fingerprint density at radius 3 is 2.41 bits per heavy atom. The lowest BCUT2D eigenvalue weighted by Crippen LogP contribution is -2.43. The normalized spacial score (nSPS) is 14.6. The van der Waals surface area contributed by atoms with Crippen molar-refractivity contribution >= 4 is 42.3 Å². The number of aromatic nitrogens is 4. The van der Waals surface area contributed by atoms with E-state index in [4.69, 9.17) is 20.5 Å². The molecule has 29 heavy (non-hydrogen) atoms. The summed E-state index contributed by atoms with van der Waals surface area (Å²) < 4.78 is 14.2. The van der Waals surface area contributed by atoms with Gasteiger partial charge in [-0.1, -0.05) is 65.0 Å². The number of unbranched alkanes of at least 4 members (excludes halogenated alkanes) is 3. The van der Waals surface area contributed by atoms with Crippen LogP contribution in [0.4, 0.5) is 0 Å². The molecule has 6 nitrogen and oxygen atoms in total. The van der Waals surface area contributed by atoms with Gasteiger partial charge in [0.15, 0.2) is 10.8 Å². The maximum absolute atomic E-state index is 6.26. The molecule has 0 saturated carbocycles. The van der Waals surface area contributed by atoms with Crippen molar-refractivity contribution < 1.29 is 8.85 Å². The van der Waals surface area contributed by atoms with Crippen molar-refractivity contribution in [1.29, 1.82) is 0 Å². The summed E-state index contributed by atoms with van der Waals surface area (Å²) in [6.45, 7) is 13.1. The van der Waals surface area contributed by atoms with E-state index in [2.05, 4.69) is 47.2 Å². The van der Waals surface area contributed by atoms with Gasteiger partial charge in [0.25, 0.3) is 0 Å². The van der Waals surface area contributed by atoms with Crippen molar-refractivity contribution in [3.63, 3.8) is 0 Å². The van der Waals surface area contributed by atoms with Crippen molar-refractivity contribution in [2.75, 3.05) is 0 Å². The summed E-state index contributed by atoms with van der Waals surface area (Å²) in [6.07, 6.45) is 9.05. The highest BCUT2D eigenvalue weighted by molar-refractivity contribution is 6.33. The molecule has 0 aliphatic rings. The van der Waals surface area contributed by atoms with Gasteiger partial charge in [-0.2, -0.15) is 0 Å². The van der Waals surface area contributed by atoms with E-state index in [1.807, 2.05) is 19.4 Å². The minimum atomic E-state index is -0.240. The Hall–Kier alpha value is -0.806. The molecule has 0 bridgehead atoms. The standard InChI is InChI=1S/C20H33ClN4O2Si2/c1-7-8-9-10-11-15(14(2)20(3,4)19(26-28-5)27-29-6)25-13-24-16-17(21)22-12-23-18(16)25/h12-15,19H,7-11H2,1-6H3/t14-,15+/m1/s1. The second-order valence-electron chi connectivity index (χ2n) is 7.99. The third-order valence-corrected chi connectivity index (χ3v) is 7.01. The Bertz CT molecular complexity index is 753. The summed E-state index contributed by atoms with van der Waals surface area (Å²) in [5, 5.41) is 0.398. The van der Waals surface area contributed by atoms with Crippen LogP contribution in [0.5, 0.6) is 0 Å². The zero-order valence-corrected chi connectivity index (χ0v) is 21.2. The van der Waals surface area contributed by atoms with Crippen LogP contribution < -0.4 is 0 Å². The van der Waals surface area contributed by atoms with E-state index < -0.39 is 0 Å². The second kappa shape index (κ2) is 11.5. The molecule has 0 aromatic carbocycles. The van der Waals surface area contributed by atoms with Crippen LogP contribution >= 0.6 is 11.6 Å². The van der Waals surface area contributed by atoms with Crippen molar-refractivity contribution in [2.24, 2.45) is 11.3 Å². The lowest BCUT2D eigenvalue weighted by molar-refractivity contribution is -0.110. The summed E-state index contributed by atoms with van der Waals surface area (Å²) in [4.78, 5) is 13.1. The van der Waals surface area contributed by atoms with E-state index in [0.29, 0.717) is 30.2 Å². The summed E-state index contributed by atoms with van der Waals surface area (Å²) in [6, 6.07) is 0.216. The molecular weight excluding hydrogens is 420 g/mol. The predicted octanol–water partition coefficient (Wildman–Crippen LogP) is 5.35. The van der Waals surface area contributed by atoms with Gasteiger partial charge in [0.05, 0.1) is 6.33 Å². The highest BCUT2D eigenvalue weighted by atomic mass is 35.5. The summed E-state index contributed by atoms with van der Waals surface area (Å²) in [7, 11) is 0.772. The lowest BCUT2D eigenvalue weighted by Gasteiger charge is -2.43. The minimum absolute atomic E-state index is 0.186. The monoisotopic (exact) mass is 452 g/mol. The van der Waals surface area contributed by atoms with Crippen LogP contribution in [0.1, 0.15) is 65.8 Å². The summed E-state index contributed by atoms with van der Waals surface area (Å²) in [5.74, 6) is 0.271. The summed E-state index contributed by atoms with van der Waals surface area (Å²) >= 11 is 6.26. The highest BCUT2D eigenvalue weighted by Gasteiger charge is 2.40. The van der Waals surface area contributed by atoms with Crippen LogP contribution in [0.3, 0.4) is 0 Å². The summed E-state index contributed by atoms with van der Waals surface area (Å²) in [5.41, 5.74) is 1.27. The second-order valence-corrected chi connectivity index (χ2v) is 9.64. The Labute approximate surface area is 185 Å². The maximum Gasteiger partial charge on any atom is 0.229 e. The van der Waals surface area contributed by atoms with E-state index in [-0.39, 0.29) is 23.7 Å². The first-order valence-electron chi connectivity index (χ1n) is 10.4. The molecular formula is C20H33ClN4O2Si2. The fraction of sp³-hybridized carbons (Fsp3) is 0.750. The fourth-order valence-corrected chi connectivity index (χ4v) is 5.13. The molecule has 0 aliphatic carbocycles. The number of halogens is 1. The van der Waals surface area contributed by atoms with Gasteiger partial charge < -0.3 is 13.4 Å². The SMILES string of the molecule is CCCCCC[C@@H]([C@@H](C)C(C)(C)C(O[Si]C)O[Si]C)n1cnc2c(Cl)ncnc21. The minimum Gasteiger partial charge on any atom is -0.394 e. The molecule has 4 radical (unpaired) electrons. The average Bonchev–Trinajstić information content (AvgIpc) is 3.12. The number of nitrogens with zero attached hydrogens (tertiary/aromatic N) is 4. The van der Waals surface area contributed by atoms with Gasteiger partial charge in [-0.3, -0.25) is 0 Å². The van der Waals surface area contributed by atoms with Crippen LogP contribution in [0.15, 0.2) is 12.7 Å². The molecule has 0 saturated heterocycles. The number of hydrogen-bond acceptors (Lipinski definition) is 5. The zero-order valence-electron chi connectivity index (χ0n) is 18.4. The molecule has 160 valence electrons. The van der Waals surface area contributed by atoms with Crippen molar-refractivity contribution in [1.82, 2.24) is 19.5 Å². The van der Waals surface area contributed by atoms with E-state index in [1.165, 1.54) is 25.6 Å². The molecule has 0 amide bonds. The fourth-order valence-electron chi connectivity index (χ4n) is 3.73. The number of fused-ring (bicyclic) bond motifs is 1. The van der Waals surface area contributed by atoms with Gasteiger partial charge in [0, 0.05) is 11.5 Å². The molecule has 2 aromatic rings. The molecule has 2 heterocycles. The van der Waals surface area contributed by atoms with E-state index >= 15 is 0 Å². The molecule has 2 rings (SSSR count). The number of hydrogen-bond donors (Lipinski definition) is 0. The maximum atomic E-state index is 6.26. The molecule has 9 heteroatoms. The average molecular weight is 453 g/mol. The largest absolute Gasteiger partial charge is 0.394 e. The van der Waals surface area contributed by atoms with E-state index in [1.54, 1.807) is 0 Å². The van der Waals surface area contributed by atoms with Crippen molar-refractivity contribution in [3.8, 4) is 0 Å². The lowest BCUT2D eigenvalue weighted by atomic mass is 9.74. The van der Waals surface area contributed by atoms with Crippen LogP contribution in [0.25, 0.3) is 11.2 Å². The number of rotatable bonds is 13. The molecule has 0 unspecified atom stereocenters. The van der Waals surface area contributed by atoms with E-state index in [0.717, 1.165) is 18.5 Å². The van der Waals surface area contributed by atoms with Gasteiger partial charge in [0.1, 0.15) is 18.1 Å². The molecule has 0 spiro atoms. The quantitative estimate of drug-likeness (QED) is 0.177. The Morgan fingerprint density at radius 1 is 1.10 bits per heavy atom. The topological polar surface area (TPSA) is 62.1 Å².